The van der Waals surface area contributed by atoms with Crippen molar-refractivity contribution < 1.29 is 4.79 Å². The van der Waals surface area contributed by atoms with E-state index in [0.29, 0.717) is 11.6 Å². The number of hydrogen-bond donors (Lipinski definition) is 2. The normalized spacial score (nSPS) is 14.7. The second kappa shape index (κ2) is 6.77. The zero-order valence-electron chi connectivity index (χ0n) is 13.6. The number of ketones is 1. The van der Waals surface area contributed by atoms with Crippen molar-refractivity contribution in [3.05, 3.63) is 41.7 Å². The lowest BCUT2D eigenvalue weighted by molar-refractivity contribution is 0.101. The highest BCUT2D eigenvalue weighted by Crippen LogP contribution is 2.23. The number of aryl methyl sites for hydroxylation is 1. The number of nitrogens with one attached hydrogen (secondary N) is 2. The average Bonchev–Trinajstić information content (AvgIpc) is 3.00. The average molecular weight is 310 g/mol. The molecule has 1 heterocycles. The molecular formula is C18H22N4O. The maximum atomic E-state index is 11.3. The minimum atomic E-state index is 0.0671. The van der Waals surface area contributed by atoms with Crippen LogP contribution in [-0.4, -0.2) is 21.8 Å². The highest BCUT2D eigenvalue weighted by Gasteiger charge is 2.15. The molecule has 1 aliphatic carbocycles. The lowest BCUT2D eigenvalue weighted by atomic mass is 10.1. The van der Waals surface area contributed by atoms with Gasteiger partial charge in [-0.3, -0.25) is 4.79 Å². The molecule has 23 heavy (non-hydrogen) atoms. The van der Waals surface area contributed by atoms with Crippen LogP contribution in [0.15, 0.2) is 30.3 Å². The zero-order chi connectivity index (χ0) is 16.2. The summed E-state index contributed by atoms with van der Waals surface area (Å²) in [6, 6.07) is 9.86. The van der Waals surface area contributed by atoms with E-state index in [4.69, 9.17) is 0 Å². The molecule has 2 N–H and O–H groups in total. The Kier molecular flexibility index (Phi) is 4.55. The molecule has 1 aromatic heterocycles. The fraction of sp³-hybridized carbons (Fsp3) is 0.389. The molecule has 0 atom stereocenters. The van der Waals surface area contributed by atoms with Crippen molar-refractivity contribution in [2.24, 2.45) is 0 Å². The van der Waals surface area contributed by atoms with Gasteiger partial charge >= 0.3 is 0 Å². The molecule has 2 aromatic rings. The van der Waals surface area contributed by atoms with Crippen LogP contribution in [-0.2, 0) is 0 Å². The molecule has 5 heteroatoms. The van der Waals surface area contributed by atoms with Crippen LogP contribution in [0.25, 0.3) is 0 Å². The van der Waals surface area contributed by atoms with Crippen molar-refractivity contribution in [2.75, 3.05) is 10.6 Å². The second-order valence-corrected chi connectivity index (χ2v) is 6.07. The second-order valence-electron chi connectivity index (χ2n) is 6.07. The van der Waals surface area contributed by atoms with Gasteiger partial charge in [0.15, 0.2) is 5.78 Å². The Balaban J connectivity index is 1.73. The van der Waals surface area contributed by atoms with E-state index in [1.165, 1.54) is 25.7 Å². The van der Waals surface area contributed by atoms with Crippen LogP contribution in [0.4, 0.5) is 17.3 Å². The van der Waals surface area contributed by atoms with Crippen molar-refractivity contribution in [2.45, 2.75) is 45.6 Å². The largest absolute Gasteiger partial charge is 0.367 e. The number of carbonyl (C=O) groups is 1. The van der Waals surface area contributed by atoms with Crippen LogP contribution in [0.1, 0.15) is 48.8 Å². The molecule has 0 saturated heterocycles. The molecule has 120 valence electrons. The van der Waals surface area contributed by atoms with Gasteiger partial charge in [-0.05, 0) is 51.0 Å². The number of nitrogens with zero attached hydrogens (tertiary/aromatic N) is 2. The van der Waals surface area contributed by atoms with Gasteiger partial charge in [-0.25, -0.2) is 9.97 Å². The fourth-order valence-corrected chi connectivity index (χ4v) is 2.92. The summed E-state index contributed by atoms with van der Waals surface area (Å²) in [4.78, 5) is 20.2. The Morgan fingerprint density at radius 2 is 1.74 bits per heavy atom. The standard InChI is InChI=1S/C18H22N4O/c1-12(23)14-7-9-16(10-8-14)22-18-11-17(19-13(2)20-18)21-15-5-3-4-6-15/h7-11,15H,3-6H2,1-2H3,(H2,19,20,21,22). The summed E-state index contributed by atoms with van der Waals surface area (Å²) in [6.07, 6.45) is 4.99. The molecule has 0 bridgehead atoms. The predicted molar refractivity (Wildman–Crippen MR) is 92.4 cm³/mol. The first-order valence-corrected chi connectivity index (χ1v) is 8.10. The van der Waals surface area contributed by atoms with Gasteiger partial charge in [-0.1, -0.05) is 12.8 Å². The molecule has 1 fully saturated rings. The lowest BCUT2D eigenvalue weighted by Gasteiger charge is -2.14. The smallest absolute Gasteiger partial charge is 0.159 e. The quantitative estimate of drug-likeness (QED) is 0.814. The summed E-state index contributed by atoms with van der Waals surface area (Å²) in [6.45, 7) is 3.46. The molecule has 0 radical (unpaired) electrons. The maximum absolute atomic E-state index is 11.3. The summed E-state index contributed by atoms with van der Waals surface area (Å²) in [5, 5.41) is 6.77. The van der Waals surface area contributed by atoms with E-state index in [9.17, 15) is 4.79 Å². The number of hydrogen-bond acceptors (Lipinski definition) is 5. The Hall–Kier alpha value is -2.43. The Morgan fingerprint density at radius 1 is 1.09 bits per heavy atom. The van der Waals surface area contributed by atoms with Crippen molar-refractivity contribution in [3.63, 3.8) is 0 Å². The number of Topliss-reactive ketones (excluding diaryl/α,β-unsaturated/α-hetero) is 1. The van der Waals surface area contributed by atoms with Gasteiger partial charge < -0.3 is 10.6 Å². The van der Waals surface area contributed by atoms with E-state index in [0.717, 1.165) is 23.1 Å². The van der Waals surface area contributed by atoms with Crippen molar-refractivity contribution in [1.82, 2.24) is 9.97 Å². The van der Waals surface area contributed by atoms with Crippen LogP contribution < -0.4 is 10.6 Å². The summed E-state index contributed by atoms with van der Waals surface area (Å²) in [5.74, 6) is 2.43. The SMILES string of the molecule is CC(=O)c1ccc(Nc2cc(NC3CCCC3)nc(C)n2)cc1. The maximum Gasteiger partial charge on any atom is 0.159 e. The third-order valence-corrected chi connectivity index (χ3v) is 4.11. The zero-order valence-corrected chi connectivity index (χ0v) is 13.6. The van der Waals surface area contributed by atoms with Gasteiger partial charge in [-0.2, -0.15) is 0 Å². The Bertz CT molecular complexity index is 691. The fourth-order valence-electron chi connectivity index (χ4n) is 2.92. The van der Waals surface area contributed by atoms with Gasteiger partial charge in [0.1, 0.15) is 17.5 Å². The number of aromatic nitrogens is 2. The van der Waals surface area contributed by atoms with Gasteiger partial charge in [0.25, 0.3) is 0 Å². The highest BCUT2D eigenvalue weighted by molar-refractivity contribution is 5.94. The number of benzene rings is 1. The van der Waals surface area contributed by atoms with Crippen LogP contribution in [0, 0.1) is 6.92 Å². The first kappa shape index (κ1) is 15.5. The molecule has 3 rings (SSSR count). The van der Waals surface area contributed by atoms with Crippen molar-refractivity contribution in [1.29, 1.82) is 0 Å². The van der Waals surface area contributed by atoms with Crippen molar-refractivity contribution in [3.8, 4) is 0 Å². The molecule has 1 aromatic carbocycles. The Labute approximate surface area is 136 Å². The first-order valence-electron chi connectivity index (χ1n) is 8.10. The summed E-state index contributed by atoms with van der Waals surface area (Å²) >= 11 is 0. The van der Waals surface area contributed by atoms with E-state index in [2.05, 4.69) is 20.6 Å². The predicted octanol–water partition coefficient (Wildman–Crippen LogP) is 4.09. The van der Waals surface area contributed by atoms with E-state index in [1.807, 2.05) is 37.3 Å². The molecular weight excluding hydrogens is 288 g/mol. The lowest BCUT2D eigenvalue weighted by Crippen LogP contribution is -2.16. The molecule has 0 spiro atoms. The Morgan fingerprint density at radius 3 is 2.39 bits per heavy atom. The first-order chi connectivity index (χ1) is 11.1. The van der Waals surface area contributed by atoms with Crippen LogP contribution in [0.3, 0.4) is 0 Å². The molecule has 1 aliphatic rings. The van der Waals surface area contributed by atoms with Crippen LogP contribution >= 0.6 is 0 Å². The third-order valence-electron chi connectivity index (χ3n) is 4.11. The van der Waals surface area contributed by atoms with E-state index in [1.54, 1.807) is 6.92 Å². The van der Waals surface area contributed by atoms with Gasteiger partial charge in [0.2, 0.25) is 0 Å². The molecule has 0 aliphatic heterocycles. The number of rotatable bonds is 5. The minimum Gasteiger partial charge on any atom is -0.367 e. The number of carbonyl (C=O) groups excluding carboxylic acids is 1. The molecule has 0 amide bonds. The van der Waals surface area contributed by atoms with Gasteiger partial charge in [-0.15, -0.1) is 0 Å². The summed E-state index contributed by atoms with van der Waals surface area (Å²) < 4.78 is 0. The van der Waals surface area contributed by atoms with Crippen LogP contribution in [0.5, 0.6) is 0 Å². The molecule has 5 nitrogen and oxygen atoms in total. The van der Waals surface area contributed by atoms with E-state index < -0.39 is 0 Å². The van der Waals surface area contributed by atoms with Crippen LogP contribution in [0.2, 0.25) is 0 Å². The van der Waals surface area contributed by atoms with E-state index in [-0.39, 0.29) is 5.78 Å². The topological polar surface area (TPSA) is 66.9 Å². The van der Waals surface area contributed by atoms with Crippen molar-refractivity contribution >= 4 is 23.1 Å². The van der Waals surface area contributed by atoms with Gasteiger partial charge in [0, 0.05) is 23.4 Å². The van der Waals surface area contributed by atoms with E-state index >= 15 is 0 Å². The third kappa shape index (κ3) is 4.06. The monoisotopic (exact) mass is 310 g/mol. The molecule has 0 unspecified atom stereocenters. The van der Waals surface area contributed by atoms with Gasteiger partial charge in [0.05, 0.1) is 0 Å². The number of anilines is 3. The molecule has 1 saturated carbocycles. The highest BCUT2D eigenvalue weighted by atomic mass is 16.1. The summed E-state index contributed by atoms with van der Waals surface area (Å²) in [5.41, 5.74) is 1.61. The minimum absolute atomic E-state index is 0.0671. The summed E-state index contributed by atoms with van der Waals surface area (Å²) in [7, 11) is 0.